The van der Waals surface area contributed by atoms with Gasteiger partial charge in [0.1, 0.15) is 0 Å². The van der Waals surface area contributed by atoms with Crippen LogP contribution in [0.4, 0.5) is 5.69 Å². The third-order valence-corrected chi connectivity index (χ3v) is 3.84. The molecule has 20 heavy (non-hydrogen) atoms. The van der Waals surface area contributed by atoms with Gasteiger partial charge in [-0.3, -0.25) is 4.98 Å². The number of rotatable bonds is 6. The zero-order valence-electron chi connectivity index (χ0n) is 12.2. The first-order valence-electron chi connectivity index (χ1n) is 7.43. The van der Waals surface area contributed by atoms with E-state index < -0.39 is 0 Å². The topological polar surface area (TPSA) is 71.6 Å². The van der Waals surface area contributed by atoms with Crippen LogP contribution in [0.5, 0.6) is 0 Å². The number of aliphatic hydroxyl groups excluding tert-OH is 1. The van der Waals surface area contributed by atoms with Gasteiger partial charge in [0.2, 0.25) is 0 Å². The van der Waals surface area contributed by atoms with Gasteiger partial charge in [0.25, 0.3) is 0 Å². The predicted octanol–water partition coefficient (Wildman–Crippen LogP) is 1.47. The van der Waals surface area contributed by atoms with E-state index in [1.54, 1.807) is 0 Å². The molecular formula is C15H25N3O2. The number of nitrogens with two attached hydrogens (primary N) is 1. The van der Waals surface area contributed by atoms with Crippen molar-refractivity contribution < 1.29 is 9.84 Å². The van der Waals surface area contributed by atoms with E-state index in [0.717, 1.165) is 43.7 Å². The SMILES string of the molecule is CC[C@H](N)c1ccc(N2CCC(OCCO)CC2)cn1. The van der Waals surface area contributed by atoms with Crippen LogP contribution in [-0.2, 0) is 4.74 Å². The minimum Gasteiger partial charge on any atom is -0.394 e. The quantitative estimate of drug-likeness (QED) is 0.825. The van der Waals surface area contributed by atoms with Crippen molar-refractivity contribution in [3.8, 4) is 0 Å². The van der Waals surface area contributed by atoms with Gasteiger partial charge in [-0.25, -0.2) is 0 Å². The van der Waals surface area contributed by atoms with Gasteiger partial charge < -0.3 is 20.5 Å². The van der Waals surface area contributed by atoms with Crippen molar-refractivity contribution in [3.63, 3.8) is 0 Å². The number of ether oxygens (including phenoxy) is 1. The Morgan fingerprint density at radius 2 is 2.20 bits per heavy atom. The Morgan fingerprint density at radius 1 is 1.45 bits per heavy atom. The Bertz CT molecular complexity index is 389. The standard InChI is InChI=1S/C15H25N3O2/c1-2-14(16)15-4-3-12(11-17-15)18-7-5-13(6-8-18)20-10-9-19/h3-4,11,13-14,19H,2,5-10,16H2,1H3/t14-/m0/s1. The molecule has 112 valence electrons. The maximum atomic E-state index is 8.76. The number of hydrogen-bond acceptors (Lipinski definition) is 5. The second-order valence-electron chi connectivity index (χ2n) is 5.24. The lowest BCUT2D eigenvalue weighted by atomic mass is 10.1. The third kappa shape index (κ3) is 3.91. The van der Waals surface area contributed by atoms with Gasteiger partial charge in [0.05, 0.1) is 36.9 Å². The Morgan fingerprint density at radius 3 is 2.75 bits per heavy atom. The molecular weight excluding hydrogens is 254 g/mol. The van der Waals surface area contributed by atoms with Crippen molar-refractivity contribution in [2.45, 2.75) is 38.3 Å². The molecule has 0 aliphatic carbocycles. The van der Waals surface area contributed by atoms with Crippen LogP contribution in [0.15, 0.2) is 18.3 Å². The molecule has 1 aromatic rings. The molecule has 0 aromatic carbocycles. The molecule has 1 fully saturated rings. The first kappa shape index (κ1) is 15.2. The van der Waals surface area contributed by atoms with E-state index >= 15 is 0 Å². The average molecular weight is 279 g/mol. The van der Waals surface area contributed by atoms with Gasteiger partial charge in [-0.2, -0.15) is 0 Å². The Balaban J connectivity index is 1.87. The van der Waals surface area contributed by atoms with Gasteiger partial charge >= 0.3 is 0 Å². The second kappa shape index (κ2) is 7.57. The molecule has 3 N–H and O–H groups in total. The fourth-order valence-electron chi connectivity index (χ4n) is 2.51. The summed E-state index contributed by atoms with van der Waals surface area (Å²) in [5.41, 5.74) is 8.08. The summed E-state index contributed by atoms with van der Waals surface area (Å²) in [4.78, 5) is 6.79. The summed E-state index contributed by atoms with van der Waals surface area (Å²) < 4.78 is 5.57. The largest absolute Gasteiger partial charge is 0.394 e. The monoisotopic (exact) mass is 279 g/mol. The van der Waals surface area contributed by atoms with Crippen molar-refractivity contribution >= 4 is 5.69 Å². The highest BCUT2D eigenvalue weighted by Gasteiger charge is 2.20. The van der Waals surface area contributed by atoms with E-state index in [9.17, 15) is 0 Å². The number of anilines is 1. The van der Waals surface area contributed by atoms with Crippen molar-refractivity contribution in [1.29, 1.82) is 0 Å². The predicted molar refractivity (Wildman–Crippen MR) is 79.7 cm³/mol. The highest BCUT2D eigenvalue weighted by Crippen LogP contribution is 2.22. The fourth-order valence-corrected chi connectivity index (χ4v) is 2.51. The lowest BCUT2D eigenvalue weighted by Crippen LogP contribution is -2.37. The lowest BCUT2D eigenvalue weighted by Gasteiger charge is -2.33. The van der Waals surface area contributed by atoms with Crippen LogP contribution in [0.25, 0.3) is 0 Å². The number of hydrogen-bond donors (Lipinski definition) is 2. The molecule has 1 aromatic heterocycles. The van der Waals surface area contributed by atoms with Crippen molar-refractivity contribution in [3.05, 3.63) is 24.0 Å². The number of aromatic nitrogens is 1. The van der Waals surface area contributed by atoms with Crippen LogP contribution >= 0.6 is 0 Å². The highest BCUT2D eigenvalue weighted by atomic mass is 16.5. The van der Waals surface area contributed by atoms with Crippen molar-refractivity contribution in [1.82, 2.24) is 4.98 Å². The number of piperidine rings is 1. The minimum atomic E-state index is 0.0293. The Kier molecular flexibility index (Phi) is 5.76. The zero-order chi connectivity index (χ0) is 14.4. The molecule has 2 rings (SSSR count). The Labute approximate surface area is 120 Å². The third-order valence-electron chi connectivity index (χ3n) is 3.84. The molecule has 1 aliphatic heterocycles. The van der Waals surface area contributed by atoms with E-state index in [-0.39, 0.29) is 18.8 Å². The molecule has 1 saturated heterocycles. The van der Waals surface area contributed by atoms with Crippen LogP contribution in [0.1, 0.15) is 37.9 Å². The molecule has 0 unspecified atom stereocenters. The Hall–Kier alpha value is -1.17. The van der Waals surface area contributed by atoms with Crippen molar-refractivity contribution in [2.75, 3.05) is 31.2 Å². The summed E-state index contributed by atoms with van der Waals surface area (Å²) in [6, 6.07) is 4.16. The van der Waals surface area contributed by atoms with Gasteiger partial charge in [-0.15, -0.1) is 0 Å². The first-order chi connectivity index (χ1) is 9.74. The smallest absolute Gasteiger partial charge is 0.0701 e. The molecule has 0 saturated carbocycles. The molecule has 1 aliphatic rings. The summed E-state index contributed by atoms with van der Waals surface area (Å²) >= 11 is 0. The molecule has 5 nitrogen and oxygen atoms in total. The van der Waals surface area contributed by atoms with E-state index in [0.29, 0.717) is 6.61 Å². The molecule has 0 amide bonds. The van der Waals surface area contributed by atoms with E-state index in [2.05, 4.69) is 22.9 Å². The normalized spacial score (nSPS) is 18.2. The highest BCUT2D eigenvalue weighted by molar-refractivity contribution is 5.45. The van der Waals surface area contributed by atoms with E-state index in [1.165, 1.54) is 0 Å². The molecule has 5 heteroatoms. The zero-order valence-corrected chi connectivity index (χ0v) is 12.2. The van der Waals surface area contributed by atoms with Crippen LogP contribution in [0.3, 0.4) is 0 Å². The number of pyridine rings is 1. The molecule has 0 spiro atoms. The van der Waals surface area contributed by atoms with Crippen LogP contribution in [0, 0.1) is 0 Å². The summed E-state index contributed by atoms with van der Waals surface area (Å²) in [7, 11) is 0. The summed E-state index contributed by atoms with van der Waals surface area (Å²) in [5.74, 6) is 0. The summed E-state index contributed by atoms with van der Waals surface area (Å²) in [6.45, 7) is 4.55. The lowest BCUT2D eigenvalue weighted by molar-refractivity contribution is 0.0159. The van der Waals surface area contributed by atoms with Crippen molar-refractivity contribution in [2.24, 2.45) is 5.73 Å². The summed E-state index contributed by atoms with van der Waals surface area (Å²) in [6.07, 6.45) is 5.09. The van der Waals surface area contributed by atoms with Crippen LogP contribution in [0.2, 0.25) is 0 Å². The first-order valence-corrected chi connectivity index (χ1v) is 7.43. The number of nitrogens with zero attached hydrogens (tertiary/aromatic N) is 2. The summed E-state index contributed by atoms with van der Waals surface area (Å²) in [5, 5.41) is 8.76. The fraction of sp³-hybridized carbons (Fsp3) is 0.667. The van der Waals surface area contributed by atoms with Gasteiger partial charge in [0.15, 0.2) is 0 Å². The molecule has 0 bridgehead atoms. The minimum absolute atomic E-state index is 0.0293. The maximum absolute atomic E-state index is 8.76. The van der Waals surface area contributed by atoms with Crippen LogP contribution in [-0.4, -0.2) is 42.5 Å². The van der Waals surface area contributed by atoms with E-state index in [4.69, 9.17) is 15.6 Å². The molecule has 1 atom stereocenters. The maximum Gasteiger partial charge on any atom is 0.0701 e. The molecule has 2 heterocycles. The van der Waals surface area contributed by atoms with Gasteiger partial charge in [-0.05, 0) is 31.4 Å². The van der Waals surface area contributed by atoms with Crippen LogP contribution < -0.4 is 10.6 Å². The second-order valence-corrected chi connectivity index (χ2v) is 5.24. The number of aliphatic hydroxyl groups is 1. The van der Waals surface area contributed by atoms with E-state index in [1.807, 2.05) is 12.3 Å². The van der Waals surface area contributed by atoms with Gasteiger partial charge in [0, 0.05) is 19.1 Å². The van der Waals surface area contributed by atoms with Gasteiger partial charge in [-0.1, -0.05) is 6.92 Å². The average Bonchev–Trinajstić information content (AvgIpc) is 2.53. The molecule has 0 radical (unpaired) electrons.